The van der Waals surface area contributed by atoms with E-state index in [9.17, 15) is 19.8 Å². The number of ether oxygens (including phenoxy) is 4. The van der Waals surface area contributed by atoms with E-state index in [2.05, 4.69) is 0 Å². The highest BCUT2D eigenvalue weighted by Crippen LogP contribution is 2.32. The Hall–Kier alpha value is -4.72. The molecule has 0 aliphatic rings. The lowest BCUT2D eigenvalue weighted by atomic mass is 10.0. The highest BCUT2D eigenvalue weighted by Gasteiger charge is 2.14. The summed E-state index contributed by atoms with van der Waals surface area (Å²) in [4.78, 5) is 25.3. The Morgan fingerprint density at radius 3 is 1.33 bits per heavy atom. The zero-order valence-electron chi connectivity index (χ0n) is 20.3. The fourth-order valence-electron chi connectivity index (χ4n) is 3.39. The average Bonchev–Trinajstić information content (AvgIpc) is 2.90. The van der Waals surface area contributed by atoms with Crippen LogP contribution >= 0.6 is 0 Å². The van der Waals surface area contributed by atoms with Crippen LogP contribution in [0.5, 0.6) is 34.5 Å². The Morgan fingerprint density at radius 1 is 0.611 bits per heavy atom. The van der Waals surface area contributed by atoms with E-state index in [1.54, 1.807) is 24.3 Å². The van der Waals surface area contributed by atoms with Crippen molar-refractivity contribution in [3.63, 3.8) is 0 Å². The summed E-state index contributed by atoms with van der Waals surface area (Å²) in [7, 11) is 5.89. The maximum atomic E-state index is 12.7. The number of carbonyl (C=O) groups excluding carboxylic acids is 2. The van der Waals surface area contributed by atoms with Gasteiger partial charge in [-0.15, -0.1) is 0 Å². The fraction of sp³-hybridized carbons (Fsp3) is 0.143. The summed E-state index contributed by atoms with van der Waals surface area (Å²) in [6, 6.07) is 12.1. The minimum atomic E-state index is -0.430. The van der Waals surface area contributed by atoms with Crippen LogP contribution in [0.25, 0.3) is 12.2 Å². The van der Waals surface area contributed by atoms with Crippen molar-refractivity contribution >= 4 is 23.7 Å². The molecular weight excluding hydrogens is 464 g/mol. The number of hydrogen-bond donors (Lipinski definition) is 2. The molecule has 186 valence electrons. The first-order chi connectivity index (χ1) is 17.3. The third-order valence-corrected chi connectivity index (χ3v) is 5.35. The summed E-state index contributed by atoms with van der Waals surface area (Å²) in [5, 5.41) is 20.1. The maximum absolute atomic E-state index is 12.7. The van der Waals surface area contributed by atoms with Gasteiger partial charge in [0.1, 0.15) is 34.5 Å². The molecule has 8 heteroatoms. The molecule has 3 aromatic rings. The van der Waals surface area contributed by atoms with Crippen LogP contribution in [0.15, 0.2) is 60.7 Å². The number of methoxy groups -OCH3 is 4. The van der Waals surface area contributed by atoms with E-state index in [0.717, 1.165) is 0 Å². The van der Waals surface area contributed by atoms with Gasteiger partial charge in [-0.25, -0.2) is 0 Å². The van der Waals surface area contributed by atoms with E-state index >= 15 is 0 Å². The van der Waals surface area contributed by atoms with Crippen molar-refractivity contribution in [3.05, 3.63) is 82.9 Å². The SMILES string of the molecule is COc1ccc(O)c(C(=O)/C=C/c2cc(OC)c(/C=C/C(=O)c3cc(OC)ccc3O)cc2OC)c1. The van der Waals surface area contributed by atoms with Crippen molar-refractivity contribution in [1.29, 1.82) is 0 Å². The van der Waals surface area contributed by atoms with Gasteiger partial charge in [0.15, 0.2) is 11.6 Å². The molecule has 36 heavy (non-hydrogen) atoms. The Labute approximate surface area is 208 Å². The van der Waals surface area contributed by atoms with Crippen molar-refractivity contribution in [2.24, 2.45) is 0 Å². The van der Waals surface area contributed by atoms with Gasteiger partial charge in [-0.05, 0) is 72.8 Å². The Balaban J connectivity index is 1.90. The summed E-state index contributed by atoms with van der Waals surface area (Å²) >= 11 is 0. The van der Waals surface area contributed by atoms with Crippen molar-refractivity contribution in [1.82, 2.24) is 0 Å². The topological polar surface area (TPSA) is 112 Å². The number of rotatable bonds is 10. The molecule has 0 aromatic heterocycles. The Bertz CT molecular complexity index is 1230. The van der Waals surface area contributed by atoms with E-state index < -0.39 is 11.6 Å². The lowest BCUT2D eigenvalue weighted by molar-refractivity contribution is 0.103. The van der Waals surface area contributed by atoms with Gasteiger partial charge in [0, 0.05) is 11.1 Å². The second-order valence-electron chi connectivity index (χ2n) is 7.50. The predicted molar refractivity (Wildman–Crippen MR) is 136 cm³/mol. The van der Waals surface area contributed by atoms with Crippen LogP contribution in [0, 0.1) is 0 Å². The number of carbonyl (C=O) groups is 2. The van der Waals surface area contributed by atoms with Crippen LogP contribution in [0.3, 0.4) is 0 Å². The molecule has 0 spiro atoms. The Kier molecular flexibility index (Phi) is 8.35. The number of phenolic OH excluding ortho intramolecular Hbond substituents is 2. The average molecular weight is 491 g/mol. The molecule has 0 fully saturated rings. The van der Waals surface area contributed by atoms with E-state index in [1.807, 2.05) is 0 Å². The lowest BCUT2D eigenvalue weighted by Crippen LogP contribution is -1.98. The number of hydrogen-bond acceptors (Lipinski definition) is 8. The predicted octanol–water partition coefficient (Wildman–Crippen LogP) is 4.92. The van der Waals surface area contributed by atoms with E-state index in [-0.39, 0.29) is 22.6 Å². The van der Waals surface area contributed by atoms with Crippen LogP contribution in [-0.2, 0) is 0 Å². The molecule has 0 atom stereocenters. The fourth-order valence-corrected chi connectivity index (χ4v) is 3.39. The first kappa shape index (κ1) is 25.9. The normalized spacial score (nSPS) is 11.0. The first-order valence-corrected chi connectivity index (χ1v) is 10.8. The van der Waals surface area contributed by atoms with Gasteiger partial charge < -0.3 is 29.2 Å². The quantitative estimate of drug-likeness (QED) is 0.304. The van der Waals surface area contributed by atoms with Crippen LogP contribution in [0.2, 0.25) is 0 Å². The molecule has 0 saturated carbocycles. The molecule has 0 saturated heterocycles. The van der Waals surface area contributed by atoms with Crippen LogP contribution in [-0.4, -0.2) is 50.2 Å². The van der Waals surface area contributed by atoms with Gasteiger partial charge in [0.05, 0.1) is 39.6 Å². The summed E-state index contributed by atoms with van der Waals surface area (Å²) in [6.45, 7) is 0. The van der Waals surface area contributed by atoms with Gasteiger partial charge in [-0.1, -0.05) is 0 Å². The summed E-state index contributed by atoms with van der Waals surface area (Å²) in [5.41, 5.74) is 1.27. The molecule has 0 unspecified atom stereocenters. The van der Waals surface area contributed by atoms with Crippen LogP contribution in [0.1, 0.15) is 31.8 Å². The monoisotopic (exact) mass is 490 g/mol. The lowest BCUT2D eigenvalue weighted by Gasteiger charge is -2.11. The molecule has 3 rings (SSSR count). The minimum absolute atomic E-state index is 0.0930. The van der Waals surface area contributed by atoms with Crippen LogP contribution in [0.4, 0.5) is 0 Å². The third-order valence-electron chi connectivity index (χ3n) is 5.35. The molecule has 0 aliphatic heterocycles. The largest absolute Gasteiger partial charge is 0.507 e. The van der Waals surface area contributed by atoms with E-state index in [0.29, 0.717) is 34.1 Å². The van der Waals surface area contributed by atoms with Crippen molar-refractivity contribution in [2.75, 3.05) is 28.4 Å². The van der Waals surface area contributed by atoms with Crippen LogP contribution < -0.4 is 18.9 Å². The molecule has 0 heterocycles. The van der Waals surface area contributed by atoms with Gasteiger partial charge in [0.2, 0.25) is 0 Å². The smallest absolute Gasteiger partial charge is 0.189 e. The van der Waals surface area contributed by atoms with Gasteiger partial charge in [-0.2, -0.15) is 0 Å². The summed E-state index contributed by atoms with van der Waals surface area (Å²) in [5.74, 6) is 0.537. The molecule has 2 N–H and O–H groups in total. The van der Waals surface area contributed by atoms with Crippen molar-refractivity contribution in [2.45, 2.75) is 0 Å². The summed E-state index contributed by atoms with van der Waals surface area (Å²) in [6.07, 6.45) is 5.68. The van der Waals surface area contributed by atoms with E-state index in [4.69, 9.17) is 18.9 Å². The van der Waals surface area contributed by atoms with E-state index in [1.165, 1.54) is 77.0 Å². The standard InChI is InChI=1S/C28H26O8/c1-33-19-7-11-25(31)21(15-19)23(29)9-5-17-13-28(36-4)18(14-27(17)35-3)6-10-24(30)22-16-20(34-2)8-12-26(22)32/h5-16,31-32H,1-4H3/b9-5+,10-6+. The molecule has 0 radical (unpaired) electrons. The van der Waals surface area contributed by atoms with Gasteiger partial charge in [-0.3, -0.25) is 9.59 Å². The number of aromatic hydroxyl groups is 2. The second kappa shape index (κ2) is 11.6. The first-order valence-electron chi connectivity index (χ1n) is 10.8. The van der Waals surface area contributed by atoms with Crippen molar-refractivity contribution in [3.8, 4) is 34.5 Å². The number of phenols is 2. The zero-order chi connectivity index (χ0) is 26.2. The molecule has 0 amide bonds. The molecular formula is C28H26O8. The second-order valence-corrected chi connectivity index (χ2v) is 7.50. The highest BCUT2D eigenvalue weighted by molar-refractivity contribution is 6.09. The third kappa shape index (κ3) is 5.85. The highest BCUT2D eigenvalue weighted by atomic mass is 16.5. The molecule has 3 aromatic carbocycles. The maximum Gasteiger partial charge on any atom is 0.189 e. The number of ketones is 2. The Morgan fingerprint density at radius 2 is 1.00 bits per heavy atom. The molecule has 8 nitrogen and oxygen atoms in total. The number of allylic oxidation sites excluding steroid dienone is 2. The van der Waals surface area contributed by atoms with Crippen molar-refractivity contribution < 1.29 is 38.7 Å². The number of benzene rings is 3. The minimum Gasteiger partial charge on any atom is -0.507 e. The van der Waals surface area contributed by atoms with Gasteiger partial charge >= 0.3 is 0 Å². The summed E-state index contributed by atoms with van der Waals surface area (Å²) < 4.78 is 21.2. The molecule has 0 bridgehead atoms. The zero-order valence-corrected chi connectivity index (χ0v) is 20.3. The molecule has 0 aliphatic carbocycles. The van der Waals surface area contributed by atoms with Gasteiger partial charge in [0.25, 0.3) is 0 Å².